The van der Waals surface area contributed by atoms with Gasteiger partial charge in [-0.15, -0.1) is 0 Å². The Kier molecular flexibility index (Phi) is 6.17. The van der Waals surface area contributed by atoms with Crippen molar-refractivity contribution in [2.45, 2.75) is 31.5 Å². The number of likely N-dealkylation sites (tertiary alicyclic amines) is 1. The zero-order chi connectivity index (χ0) is 21.8. The molecule has 0 amide bonds. The SMILES string of the molecule is Oc1cccc(C2CCCN(C[C@H]3COc4cccc(OCc5ccccc5)c4O3)C2)c1. The van der Waals surface area contributed by atoms with Crippen LogP contribution in [-0.4, -0.2) is 42.4 Å². The monoisotopic (exact) mass is 431 g/mol. The Bertz CT molecular complexity index is 1040. The minimum absolute atomic E-state index is 0.0492. The van der Waals surface area contributed by atoms with Gasteiger partial charge in [0.05, 0.1) is 0 Å². The normalized spacial score (nSPS) is 20.6. The van der Waals surface area contributed by atoms with Gasteiger partial charge in [-0.2, -0.15) is 0 Å². The standard InChI is InChI=1S/C27H29NO4/c29-23-11-4-9-21(15-23)22-10-6-14-28(16-22)17-24-19-31-26-13-5-12-25(27(26)32-24)30-18-20-7-2-1-3-8-20/h1-5,7-9,11-13,15,22,24,29H,6,10,14,16-19H2/t22?,24-/m0/s1. The van der Waals surface area contributed by atoms with Crippen LogP contribution < -0.4 is 14.2 Å². The smallest absolute Gasteiger partial charge is 0.204 e. The third-order valence-corrected chi connectivity index (χ3v) is 6.20. The van der Waals surface area contributed by atoms with Crippen LogP contribution in [0.1, 0.15) is 29.9 Å². The number of hydrogen-bond donors (Lipinski definition) is 1. The van der Waals surface area contributed by atoms with E-state index in [2.05, 4.69) is 23.1 Å². The highest BCUT2D eigenvalue weighted by Gasteiger charge is 2.29. The predicted octanol–water partition coefficient (Wildman–Crippen LogP) is 4.99. The van der Waals surface area contributed by atoms with Gasteiger partial charge >= 0.3 is 0 Å². The minimum atomic E-state index is -0.0492. The third kappa shape index (κ3) is 4.83. The molecule has 1 fully saturated rings. The van der Waals surface area contributed by atoms with Gasteiger partial charge in [0.2, 0.25) is 5.75 Å². The lowest BCUT2D eigenvalue weighted by Gasteiger charge is -2.36. The lowest BCUT2D eigenvalue weighted by atomic mass is 9.90. The van der Waals surface area contributed by atoms with E-state index in [-0.39, 0.29) is 6.10 Å². The highest BCUT2D eigenvalue weighted by atomic mass is 16.6. The van der Waals surface area contributed by atoms with Crippen LogP contribution in [0.25, 0.3) is 0 Å². The average molecular weight is 432 g/mol. The van der Waals surface area contributed by atoms with Crippen molar-refractivity contribution in [3.8, 4) is 23.0 Å². The zero-order valence-electron chi connectivity index (χ0n) is 18.2. The average Bonchev–Trinajstić information content (AvgIpc) is 2.83. The Balaban J connectivity index is 1.23. The number of nitrogens with zero attached hydrogens (tertiary/aromatic N) is 1. The van der Waals surface area contributed by atoms with Crippen molar-refractivity contribution >= 4 is 0 Å². The summed E-state index contributed by atoms with van der Waals surface area (Å²) >= 11 is 0. The summed E-state index contributed by atoms with van der Waals surface area (Å²) in [5.74, 6) is 2.91. The van der Waals surface area contributed by atoms with Crippen LogP contribution in [0, 0.1) is 0 Å². The first kappa shape index (κ1) is 20.7. The second-order valence-corrected chi connectivity index (χ2v) is 8.60. The van der Waals surface area contributed by atoms with Crippen molar-refractivity contribution in [2.24, 2.45) is 0 Å². The lowest BCUT2D eigenvalue weighted by Crippen LogP contribution is -2.44. The molecular formula is C27H29NO4. The molecule has 0 spiro atoms. The predicted molar refractivity (Wildman–Crippen MR) is 124 cm³/mol. The van der Waals surface area contributed by atoms with Gasteiger partial charge in [0.15, 0.2) is 11.5 Å². The Morgan fingerprint density at radius 2 is 1.88 bits per heavy atom. The fourth-order valence-electron chi connectivity index (χ4n) is 4.61. The van der Waals surface area contributed by atoms with Crippen molar-refractivity contribution < 1.29 is 19.3 Å². The first-order valence-corrected chi connectivity index (χ1v) is 11.3. The number of fused-ring (bicyclic) bond motifs is 1. The molecule has 0 saturated carbocycles. The van der Waals surface area contributed by atoms with Crippen molar-refractivity contribution in [1.29, 1.82) is 0 Å². The van der Waals surface area contributed by atoms with Gasteiger partial charge in [0.1, 0.15) is 25.1 Å². The van der Waals surface area contributed by atoms with E-state index < -0.39 is 0 Å². The van der Waals surface area contributed by atoms with E-state index in [9.17, 15) is 5.11 Å². The molecule has 0 bridgehead atoms. The summed E-state index contributed by atoms with van der Waals surface area (Å²) in [6.07, 6.45) is 2.23. The van der Waals surface area contributed by atoms with E-state index in [1.807, 2.05) is 48.5 Å². The largest absolute Gasteiger partial charge is 0.508 e. The number of piperidine rings is 1. The highest BCUT2D eigenvalue weighted by Crippen LogP contribution is 2.41. The van der Waals surface area contributed by atoms with Gasteiger partial charge < -0.3 is 19.3 Å². The summed E-state index contributed by atoms with van der Waals surface area (Å²) in [5, 5.41) is 9.84. The second-order valence-electron chi connectivity index (χ2n) is 8.60. The molecule has 3 aromatic carbocycles. The first-order chi connectivity index (χ1) is 15.7. The van der Waals surface area contributed by atoms with Crippen LogP contribution in [0.5, 0.6) is 23.0 Å². The first-order valence-electron chi connectivity index (χ1n) is 11.3. The molecular weight excluding hydrogens is 402 g/mol. The van der Waals surface area contributed by atoms with Gasteiger partial charge in [-0.1, -0.05) is 48.5 Å². The molecule has 32 heavy (non-hydrogen) atoms. The number of phenolic OH excluding ortho intramolecular Hbond substituents is 1. The quantitative estimate of drug-likeness (QED) is 0.596. The maximum Gasteiger partial charge on any atom is 0.204 e. The van der Waals surface area contributed by atoms with E-state index in [1.165, 1.54) is 5.56 Å². The van der Waals surface area contributed by atoms with Gasteiger partial charge in [-0.3, -0.25) is 4.90 Å². The number of hydrogen-bond acceptors (Lipinski definition) is 5. The molecule has 5 nitrogen and oxygen atoms in total. The Labute approximate surface area is 189 Å². The van der Waals surface area contributed by atoms with E-state index >= 15 is 0 Å². The fourth-order valence-corrected chi connectivity index (χ4v) is 4.61. The van der Waals surface area contributed by atoms with Crippen molar-refractivity contribution in [3.05, 3.63) is 83.9 Å². The number of aromatic hydroxyl groups is 1. The lowest BCUT2D eigenvalue weighted by molar-refractivity contribution is 0.0470. The molecule has 0 radical (unpaired) electrons. The molecule has 5 heteroatoms. The number of ether oxygens (including phenoxy) is 3. The third-order valence-electron chi connectivity index (χ3n) is 6.20. The Morgan fingerprint density at radius 3 is 2.75 bits per heavy atom. The van der Waals surface area contributed by atoms with E-state index in [4.69, 9.17) is 14.2 Å². The molecule has 0 aromatic heterocycles. The number of para-hydroxylation sites is 1. The van der Waals surface area contributed by atoms with Gasteiger partial charge in [0, 0.05) is 13.1 Å². The topological polar surface area (TPSA) is 51.2 Å². The molecule has 1 N–H and O–H groups in total. The fraction of sp³-hybridized carbons (Fsp3) is 0.333. The molecule has 0 aliphatic carbocycles. The van der Waals surface area contributed by atoms with Gasteiger partial charge in [-0.05, 0) is 60.7 Å². The number of rotatable bonds is 6. The maximum absolute atomic E-state index is 9.84. The zero-order valence-corrected chi connectivity index (χ0v) is 18.2. The van der Waals surface area contributed by atoms with Crippen LogP contribution in [0.15, 0.2) is 72.8 Å². The number of benzene rings is 3. The molecule has 2 heterocycles. The summed E-state index contributed by atoms with van der Waals surface area (Å²) in [5.41, 5.74) is 2.32. The summed E-state index contributed by atoms with van der Waals surface area (Å²) in [6, 6.07) is 23.6. The molecule has 2 aliphatic rings. The molecule has 1 unspecified atom stereocenters. The van der Waals surface area contributed by atoms with E-state index in [0.717, 1.165) is 43.8 Å². The Hall–Kier alpha value is -3.18. The van der Waals surface area contributed by atoms with Gasteiger partial charge in [-0.25, -0.2) is 0 Å². The molecule has 2 atom stereocenters. The van der Waals surface area contributed by atoms with Crippen molar-refractivity contribution in [1.82, 2.24) is 4.90 Å². The molecule has 166 valence electrons. The van der Waals surface area contributed by atoms with Crippen LogP contribution in [0.3, 0.4) is 0 Å². The minimum Gasteiger partial charge on any atom is -0.508 e. The second kappa shape index (κ2) is 9.53. The summed E-state index contributed by atoms with van der Waals surface area (Å²) in [7, 11) is 0. The highest BCUT2D eigenvalue weighted by molar-refractivity contribution is 5.52. The maximum atomic E-state index is 9.84. The van der Waals surface area contributed by atoms with Crippen molar-refractivity contribution in [3.63, 3.8) is 0 Å². The molecule has 3 aromatic rings. The summed E-state index contributed by atoms with van der Waals surface area (Å²) < 4.78 is 18.5. The van der Waals surface area contributed by atoms with Crippen molar-refractivity contribution in [2.75, 3.05) is 26.2 Å². The molecule has 5 rings (SSSR count). The Morgan fingerprint density at radius 1 is 1.00 bits per heavy atom. The van der Waals surface area contributed by atoms with Gasteiger partial charge in [0.25, 0.3) is 0 Å². The number of phenols is 1. The summed E-state index contributed by atoms with van der Waals surface area (Å²) in [4.78, 5) is 2.45. The van der Waals surface area contributed by atoms with E-state index in [0.29, 0.717) is 36.4 Å². The molecule has 2 aliphatic heterocycles. The van der Waals surface area contributed by atoms with Crippen LogP contribution in [0.4, 0.5) is 0 Å². The van der Waals surface area contributed by atoms with Crippen LogP contribution in [-0.2, 0) is 6.61 Å². The van der Waals surface area contributed by atoms with Crippen LogP contribution >= 0.6 is 0 Å². The van der Waals surface area contributed by atoms with E-state index in [1.54, 1.807) is 6.07 Å². The van der Waals surface area contributed by atoms with Crippen LogP contribution in [0.2, 0.25) is 0 Å². The summed E-state index contributed by atoms with van der Waals surface area (Å²) in [6.45, 7) is 3.84. The molecule has 1 saturated heterocycles.